The van der Waals surface area contributed by atoms with Crippen molar-refractivity contribution in [1.82, 2.24) is 10.3 Å². The SMILES string of the molecule is O=c1[nH]c2c(cc1C(F)F)CCNC2. The van der Waals surface area contributed by atoms with Crippen LogP contribution >= 0.6 is 0 Å². The number of alkyl halides is 2. The van der Waals surface area contributed by atoms with Crippen molar-refractivity contribution in [2.45, 2.75) is 19.4 Å². The molecular weight excluding hydrogens is 190 g/mol. The highest BCUT2D eigenvalue weighted by atomic mass is 19.3. The zero-order valence-electron chi connectivity index (χ0n) is 7.44. The largest absolute Gasteiger partial charge is 0.324 e. The number of halogens is 2. The first-order chi connectivity index (χ1) is 6.68. The average molecular weight is 200 g/mol. The Hall–Kier alpha value is -1.23. The Morgan fingerprint density at radius 1 is 1.43 bits per heavy atom. The van der Waals surface area contributed by atoms with Gasteiger partial charge < -0.3 is 10.3 Å². The Labute approximate surface area is 79.1 Å². The molecule has 0 bridgehead atoms. The van der Waals surface area contributed by atoms with Crippen LogP contribution in [0.3, 0.4) is 0 Å². The number of fused-ring (bicyclic) bond motifs is 1. The fourth-order valence-corrected chi connectivity index (χ4v) is 1.61. The highest BCUT2D eigenvalue weighted by molar-refractivity contribution is 5.28. The molecule has 1 aromatic heterocycles. The van der Waals surface area contributed by atoms with Gasteiger partial charge in [-0.2, -0.15) is 0 Å². The lowest BCUT2D eigenvalue weighted by Gasteiger charge is -2.17. The van der Waals surface area contributed by atoms with Crippen molar-refractivity contribution < 1.29 is 8.78 Å². The Kier molecular flexibility index (Phi) is 2.33. The molecule has 0 atom stereocenters. The van der Waals surface area contributed by atoms with Crippen LogP contribution in [0, 0.1) is 0 Å². The first-order valence-corrected chi connectivity index (χ1v) is 4.42. The van der Waals surface area contributed by atoms with Crippen molar-refractivity contribution in [3.63, 3.8) is 0 Å². The Balaban J connectivity index is 2.51. The molecule has 1 aliphatic heterocycles. The first-order valence-electron chi connectivity index (χ1n) is 4.42. The van der Waals surface area contributed by atoms with E-state index in [9.17, 15) is 13.6 Å². The van der Waals surface area contributed by atoms with Crippen molar-refractivity contribution in [2.24, 2.45) is 0 Å². The van der Waals surface area contributed by atoms with Crippen LogP contribution in [0.4, 0.5) is 8.78 Å². The summed E-state index contributed by atoms with van der Waals surface area (Å²) in [6.07, 6.45) is -2.01. The van der Waals surface area contributed by atoms with Crippen molar-refractivity contribution in [2.75, 3.05) is 6.54 Å². The Morgan fingerprint density at radius 3 is 2.93 bits per heavy atom. The van der Waals surface area contributed by atoms with Crippen molar-refractivity contribution in [3.8, 4) is 0 Å². The van der Waals surface area contributed by atoms with Crippen LogP contribution in [0.25, 0.3) is 0 Å². The molecule has 2 rings (SSSR count). The van der Waals surface area contributed by atoms with E-state index in [4.69, 9.17) is 0 Å². The molecule has 0 unspecified atom stereocenters. The molecule has 0 saturated carbocycles. The summed E-state index contributed by atoms with van der Waals surface area (Å²) in [7, 11) is 0. The van der Waals surface area contributed by atoms with Gasteiger partial charge in [0.15, 0.2) is 0 Å². The van der Waals surface area contributed by atoms with Crippen LogP contribution in [0.1, 0.15) is 23.2 Å². The topological polar surface area (TPSA) is 44.9 Å². The molecule has 0 radical (unpaired) electrons. The van der Waals surface area contributed by atoms with Gasteiger partial charge in [-0.1, -0.05) is 0 Å². The van der Waals surface area contributed by atoms with E-state index in [-0.39, 0.29) is 0 Å². The third-order valence-electron chi connectivity index (χ3n) is 2.35. The molecule has 0 saturated heterocycles. The Bertz CT molecular complexity index is 400. The molecule has 1 aromatic rings. The summed E-state index contributed by atoms with van der Waals surface area (Å²) >= 11 is 0. The maximum atomic E-state index is 12.4. The van der Waals surface area contributed by atoms with Crippen molar-refractivity contribution in [1.29, 1.82) is 0 Å². The molecule has 0 aliphatic carbocycles. The van der Waals surface area contributed by atoms with E-state index in [0.29, 0.717) is 13.0 Å². The number of pyridine rings is 1. The van der Waals surface area contributed by atoms with Crippen LogP contribution in [0.5, 0.6) is 0 Å². The van der Waals surface area contributed by atoms with Gasteiger partial charge in [0, 0.05) is 12.2 Å². The lowest BCUT2D eigenvalue weighted by atomic mass is 10.0. The van der Waals surface area contributed by atoms with Gasteiger partial charge in [0.25, 0.3) is 12.0 Å². The van der Waals surface area contributed by atoms with E-state index >= 15 is 0 Å². The minimum atomic E-state index is -2.70. The second-order valence-corrected chi connectivity index (χ2v) is 3.29. The third kappa shape index (κ3) is 1.55. The summed E-state index contributed by atoms with van der Waals surface area (Å²) in [6, 6.07) is 1.32. The van der Waals surface area contributed by atoms with Crippen LogP contribution in [-0.4, -0.2) is 11.5 Å². The summed E-state index contributed by atoms with van der Waals surface area (Å²) in [4.78, 5) is 13.6. The van der Waals surface area contributed by atoms with Gasteiger partial charge in [0.05, 0.1) is 5.56 Å². The predicted molar refractivity (Wildman–Crippen MR) is 47.4 cm³/mol. The van der Waals surface area contributed by atoms with E-state index in [1.807, 2.05) is 0 Å². The summed E-state index contributed by atoms with van der Waals surface area (Å²) < 4.78 is 24.7. The molecule has 14 heavy (non-hydrogen) atoms. The van der Waals surface area contributed by atoms with Gasteiger partial charge in [-0.05, 0) is 24.6 Å². The van der Waals surface area contributed by atoms with Crippen LogP contribution < -0.4 is 10.9 Å². The zero-order chi connectivity index (χ0) is 10.1. The maximum Gasteiger partial charge on any atom is 0.269 e. The maximum absolute atomic E-state index is 12.4. The Morgan fingerprint density at radius 2 is 2.21 bits per heavy atom. The van der Waals surface area contributed by atoms with Gasteiger partial charge in [0.1, 0.15) is 0 Å². The molecule has 0 fully saturated rings. The molecule has 0 amide bonds. The molecule has 3 nitrogen and oxygen atoms in total. The normalized spacial score (nSPS) is 15.6. The minimum absolute atomic E-state index is 0.425. The lowest BCUT2D eigenvalue weighted by Crippen LogP contribution is -2.28. The van der Waals surface area contributed by atoms with E-state index in [1.54, 1.807) is 0 Å². The second kappa shape index (κ2) is 3.49. The van der Waals surface area contributed by atoms with E-state index in [1.165, 1.54) is 6.07 Å². The quantitative estimate of drug-likeness (QED) is 0.709. The highest BCUT2D eigenvalue weighted by Crippen LogP contribution is 2.18. The average Bonchev–Trinajstić information content (AvgIpc) is 2.16. The van der Waals surface area contributed by atoms with Crippen molar-refractivity contribution >= 4 is 0 Å². The van der Waals surface area contributed by atoms with Crippen LogP contribution in [-0.2, 0) is 13.0 Å². The number of aromatic nitrogens is 1. The molecule has 0 spiro atoms. The van der Waals surface area contributed by atoms with Crippen LogP contribution in [0.15, 0.2) is 10.9 Å². The van der Waals surface area contributed by atoms with Gasteiger partial charge in [0.2, 0.25) is 0 Å². The standard InChI is InChI=1S/C9H10F2N2O/c10-8(11)6-3-5-1-2-12-4-7(5)13-9(6)14/h3,8,12H,1-2,4H2,(H,13,14). The summed E-state index contributed by atoms with van der Waals surface area (Å²) in [6.45, 7) is 1.32. The number of hydrogen-bond acceptors (Lipinski definition) is 2. The predicted octanol–water partition coefficient (Wildman–Crippen LogP) is 0.958. The highest BCUT2D eigenvalue weighted by Gasteiger charge is 2.17. The van der Waals surface area contributed by atoms with E-state index in [2.05, 4.69) is 10.3 Å². The zero-order valence-corrected chi connectivity index (χ0v) is 7.44. The number of nitrogens with one attached hydrogen (secondary N) is 2. The molecular formula is C9H10F2N2O. The van der Waals surface area contributed by atoms with E-state index in [0.717, 1.165) is 17.8 Å². The molecule has 76 valence electrons. The monoisotopic (exact) mass is 200 g/mol. The van der Waals surface area contributed by atoms with Crippen LogP contribution in [0.2, 0.25) is 0 Å². The molecule has 5 heteroatoms. The summed E-state index contributed by atoms with van der Waals surface area (Å²) in [5, 5.41) is 3.06. The summed E-state index contributed by atoms with van der Waals surface area (Å²) in [5.41, 5.74) is 0.442. The lowest BCUT2D eigenvalue weighted by molar-refractivity contribution is 0.149. The van der Waals surface area contributed by atoms with Gasteiger partial charge >= 0.3 is 0 Å². The van der Waals surface area contributed by atoms with E-state index < -0.39 is 17.5 Å². The van der Waals surface area contributed by atoms with Gasteiger partial charge in [-0.15, -0.1) is 0 Å². The number of hydrogen-bond donors (Lipinski definition) is 2. The van der Waals surface area contributed by atoms with Gasteiger partial charge in [-0.25, -0.2) is 8.78 Å². The number of H-pyrrole nitrogens is 1. The third-order valence-corrected chi connectivity index (χ3v) is 2.35. The molecule has 0 aromatic carbocycles. The fraction of sp³-hybridized carbons (Fsp3) is 0.444. The van der Waals surface area contributed by atoms with Crippen molar-refractivity contribution in [3.05, 3.63) is 33.2 Å². The number of rotatable bonds is 1. The minimum Gasteiger partial charge on any atom is -0.324 e. The van der Waals surface area contributed by atoms with Gasteiger partial charge in [-0.3, -0.25) is 4.79 Å². The first kappa shape index (κ1) is 9.33. The molecule has 2 heterocycles. The smallest absolute Gasteiger partial charge is 0.269 e. The molecule has 2 N–H and O–H groups in total. The molecule has 1 aliphatic rings. The number of aromatic amines is 1. The second-order valence-electron chi connectivity index (χ2n) is 3.29. The fourth-order valence-electron chi connectivity index (χ4n) is 1.61. The summed E-state index contributed by atoms with van der Waals surface area (Å²) in [5.74, 6) is 0.